The first-order valence-corrected chi connectivity index (χ1v) is 13.2. The first kappa shape index (κ1) is 26.1. The molecule has 6 nitrogen and oxygen atoms in total. The standard InChI is InChI=1S/C29H29O2.ClHO4/c1-20-26-12-6-10-23(18-21-8-4-3-5-9-21)28(26)31-29-24(11-7-13-27(20)29)19-22-14-16-25(30-2)17-15-22;2-1(3,4)5/h3-5,8-9,14-19H,6-7,10-13H2,1-2H3;(H,2,3,4,5)/q+1;/p-1/b23-18+,24-19+;. The summed E-state index contributed by atoms with van der Waals surface area (Å²) in [5, 5.41) is 0. The zero-order chi connectivity index (χ0) is 25.7. The fourth-order valence-electron chi connectivity index (χ4n) is 4.93. The largest absolute Gasteiger partial charge is 0.497 e. The maximum Gasteiger partial charge on any atom is 0.360 e. The predicted molar refractivity (Wildman–Crippen MR) is 129 cm³/mol. The molecule has 5 rings (SSSR count). The molecule has 2 aliphatic rings. The van der Waals surface area contributed by atoms with E-state index in [2.05, 4.69) is 61.5 Å². The highest BCUT2D eigenvalue weighted by Crippen LogP contribution is 2.42. The molecule has 2 aromatic carbocycles. The summed E-state index contributed by atoms with van der Waals surface area (Å²) < 4.78 is 46.0. The molecule has 0 spiro atoms. The molecule has 0 atom stereocenters. The number of methoxy groups -OCH3 is 1. The summed E-state index contributed by atoms with van der Waals surface area (Å²) in [4.78, 5) is 0. The second kappa shape index (κ2) is 11.4. The van der Waals surface area contributed by atoms with Crippen molar-refractivity contribution in [2.75, 3.05) is 7.11 Å². The van der Waals surface area contributed by atoms with Gasteiger partial charge in [0.25, 0.3) is 0 Å². The molecule has 188 valence electrons. The van der Waals surface area contributed by atoms with Gasteiger partial charge in [0.2, 0.25) is 0 Å². The Morgan fingerprint density at radius 2 is 1.19 bits per heavy atom. The van der Waals surface area contributed by atoms with Crippen LogP contribution in [0.5, 0.6) is 5.75 Å². The Bertz CT molecular complexity index is 1250. The van der Waals surface area contributed by atoms with Gasteiger partial charge < -0.3 is 4.74 Å². The van der Waals surface area contributed by atoms with Crippen LogP contribution in [0.15, 0.2) is 59.0 Å². The van der Waals surface area contributed by atoms with E-state index in [1.165, 1.54) is 51.8 Å². The lowest BCUT2D eigenvalue weighted by atomic mass is 9.82. The summed E-state index contributed by atoms with van der Waals surface area (Å²) in [5.74, 6) is 3.09. The Hall–Kier alpha value is -3.00. The summed E-state index contributed by atoms with van der Waals surface area (Å²) in [6.45, 7) is 2.30. The van der Waals surface area contributed by atoms with Crippen molar-refractivity contribution >= 4 is 23.3 Å². The molecule has 0 saturated heterocycles. The van der Waals surface area contributed by atoms with Gasteiger partial charge in [-0.2, -0.15) is 0 Å². The summed E-state index contributed by atoms with van der Waals surface area (Å²) >= 11 is 0. The van der Waals surface area contributed by atoms with Crippen LogP contribution >= 0.6 is 0 Å². The molecular weight excluding hydrogens is 480 g/mol. The normalized spacial score (nSPS) is 17.2. The summed E-state index contributed by atoms with van der Waals surface area (Å²) in [7, 11) is -3.24. The van der Waals surface area contributed by atoms with Crippen LogP contribution in [0.4, 0.5) is 0 Å². The van der Waals surface area contributed by atoms with E-state index in [-0.39, 0.29) is 0 Å². The lowest BCUT2D eigenvalue weighted by molar-refractivity contribution is -2.00. The van der Waals surface area contributed by atoms with E-state index in [1.54, 1.807) is 7.11 Å². The Balaban J connectivity index is 0.000000556. The minimum Gasteiger partial charge on any atom is -0.497 e. The van der Waals surface area contributed by atoms with Crippen molar-refractivity contribution in [1.29, 1.82) is 0 Å². The van der Waals surface area contributed by atoms with Crippen LogP contribution in [0.3, 0.4) is 0 Å². The van der Waals surface area contributed by atoms with Crippen molar-refractivity contribution < 1.29 is 38.0 Å². The number of rotatable bonds is 3. The predicted octanol–water partition coefficient (Wildman–Crippen LogP) is 2.88. The van der Waals surface area contributed by atoms with Gasteiger partial charge in [0.15, 0.2) is 0 Å². The van der Waals surface area contributed by atoms with Gasteiger partial charge in [-0.25, -0.2) is 23.1 Å². The molecule has 0 unspecified atom stereocenters. The molecule has 0 saturated carbocycles. The maximum atomic E-state index is 8.49. The molecule has 0 amide bonds. The smallest absolute Gasteiger partial charge is 0.360 e. The molecule has 2 aliphatic carbocycles. The minimum absolute atomic E-state index is 0.886. The summed E-state index contributed by atoms with van der Waals surface area (Å²) in [6, 6.07) is 18.9. The van der Waals surface area contributed by atoms with E-state index in [9.17, 15) is 0 Å². The molecule has 0 bridgehead atoms. The van der Waals surface area contributed by atoms with E-state index >= 15 is 0 Å². The van der Waals surface area contributed by atoms with Gasteiger partial charge in [0, 0.05) is 0 Å². The highest BCUT2D eigenvalue weighted by Gasteiger charge is 2.35. The number of halogens is 1. The molecule has 0 fully saturated rings. The highest BCUT2D eigenvalue weighted by molar-refractivity contribution is 5.85. The van der Waals surface area contributed by atoms with Crippen LogP contribution in [0, 0.1) is 17.2 Å². The highest BCUT2D eigenvalue weighted by atomic mass is 35.7. The Morgan fingerprint density at radius 3 is 1.67 bits per heavy atom. The van der Waals surface area contributed by atoms with Gasteiger partial charge in [0.1, 0.15) is 5.75 Å². The van der Waals surface area contributed by atoms with Crippen LogP contribution in [0.2, 0.25) is 0 Å². The maximum absolute atomic E-state index is 8.49. The fraction of sp³-hybridized carbons (Fsp3) is 0.276. The van der Waals surface area contributed by atoms with E-state index < -0.39 is 10.2 Å². The zero-order valence-corrected chi connectivity index (χ0v) is 21.2. The molecule has 1 aromatic heterocycles. The second-order valence-corrected chi connectivity index (χ2v) is 9.71. The monoisotopic (exact) mass is 508 g/mol. The van der Waals surface area contributed by atoms with Crippen molar-refractivity contribution in [3.8, 4) is 5.75 Å². The van der Waals surface area contributed by atoms with Gasteiger partial charge >= 0.3 is 11.5 Å². The van der Waals surface area contributed by atoms with Crippen LogP contribution < -0.4 is 23.4 Å². The molecule has 0 N–H and O–H groups in total. The fourth-order valence-corrected chi connectivity index (χ4v) is 4.93. The molecule has 0 radical (unpaired) electrons. The van der Waals surface area contributed by atoms with Crippen molar-refractivity contribution in [3.63, 3.8) is 0 Å². The van der Waals surface area contributed by atoms with E-state index in [1.807, 2.05) is 12.1 Å². The third kappa shape index (κ3) is 6.60. The molecule has 0 aliphatic heterocycles. The molecular formula is C29H29ClO6. The molecule has 7 heteroatoms. The Kier molecular flexibility index (Phi) is 8.24. The van der Waals surface area contributed by atoms with Gasteiger partial charge in [-0.05, 0) is 86.4 Å². The van der Waals surface area contributed by atoms with Crippen LogP contribution in [0.25, 0.3) is 23.3 Å². The van der Waals surface area contributed by atoms with Crippen molar-refractivity contribution in [2.24, 2.45) is 0 Å². The topological polar surface area (TPSA) is 113 Å². The van der Waals surface area contributed by atoms with E-state index in [0.29, 0.717) is 0 Å². The van der Waals surface area contributed by atoms with Crippen LogP contribution in [-0.2, 0) is 12.8 Å². The average molecular weight is 509 g/mol. The quantitative estimate of drug-likeness (QED) is 0.503. The third-order valence-corrected chi connectivity index (χ3v) is 6.58. The number of allylic oxidation sites excluding steroid dienone is 2. The lowest BCUT2D eigenvalue weighted by Crippen LogP contribution is -2.68. The summed E-state index contributed by atoms with van der Waals surface area (Å²) in [6.07, 6.45) is 11.3. The van der Waals surface area contributed by atoms with Crippen LogP contribution in [-0.4, -0.2) is 7.11 Å². The van der Waals surface area contributed by atoms with Gasteiger partial charge in [-0.15, -0.1) is 10.2 Å². The first-order valence-electron chi connectivity index (χ1n) is 11.9. The third-order valence-electron chi connectivity index (χ3n) is 6.58. The molecule has 1 heterocycles. The number of hydrogen-bond donors (Lipinski definition) is 0. The Labute approximate surface area is 213 Å². The minimum atomic E-state index is -4.94. The second-order valence-electron chi connectivity index (χ2n) is 8.95. The van der Waals surface area contributed by atoms with Gasteiger partial charge in [-0.3, -0.25) is 0 Å². The first-order chi connectivity index (χ1) is 17.2. The van der Waals surface area contributed by atoms with Gasteiger partial charge in [0.05, 0.1) is 29.4 Å². The van der Waals surface area contributed by atoms with Crippen LogP contribution in [0.1, 0.15) is 65.0 Å². The average Bonchev–Trinajstić information content (AvgIpc) is 2.85. The van der Waals surface area contributed by atoms with Crippen molar-refractivity contribution in [3.05, 3.63) is 93.9 Å². The zero-order valence-electron chi connectivity index (χ0n) is 20.4. The van der Waals surface area contributed by atoms with E-state index in [0.717, 1.165) is 43.0 Å². The van der Waals surface area contributed by atoms with Gasteiger partial charge in [-0.1, -0.05) is 42.5 Å². The lowest BCUT2D eigenvalue weighted by Gasteiger charge is -2.19. The van der Waals surface area contributed by atoms with E-state index in [4.69, 9.17) is 27.8 Å². The number of hydrogen-bond acceptors (Lipinski definition) is 5. The number of ether oxygens (including phenoxy) is 1. The number of fused-ring (bicyclic) bond motifs is 2. The van der Waals surface area contributed by atoms with Crippen molar-refractivity contribution in [2.45, 2.75) is 45.4 Å². The molecule has 36 heavy (non-hydrogen) atoms. The summed E-state index contributed by atoms with van der Waals surface area (Å²) in [5.41, 5.74) is 9.33. The SMILES string of the molecule is COc1ccc(/C=C2\CCCc3c2[o+]c2c(c3C)CCC/C2=C\c2ccccc2)cc1.[O-][Cl+3]([O-])([O-])[O-]. The molecule has 3 aromatic rings. The van der Waals surface area contributed by atoms with Crippen molar-refractivity contribution in [1.82, 2.24) is 0 Å². The number of benzene rings is 2. The Morgan fingerprint density at radius 1 is 0.722 bits per heavy atom.